The van der Waals surface area contributed by atoms with E-state index in [1.165, 1.54) is 0 Å². The predicted octanol–water partition coefficient (Wildman–Crippen LogP) is 0.832. The molecule has 0 aliphatic rings. The summed E-state index contributed by atoms with van der Waals surface area (Å²) < 4.78 is 28.9. The Morgan fingerprint density at radius 2 is 1.64 bits per heavy atom. The maximum atomic E-state index is 10.3. The second kappa shape index (κ2) is 4.99. The maximum absolute atomic E-state index is 10.3. The molecule has 0 aromatic rings. The van der Waals surface area contributed by atoms with Crippen LogP contribution in [0, 0.1) is 0 Å². The van der Waals surface area contributed by atoms with E-state index >= 15 is 0 Å². The molecule has 0 aromatic heterocycles. The summed E-state index contributed by atoms with van der Waals surface area (Å²) in [5.41, 5.74) is 0. The molecule has 0 heterocycles. The molecule has 0 spiro atoms. The third kappa shape index (κ3) is 14.0. The van der Waals surface area contributed by atoms with Crippen molar-refractivity contribution >= 4 is 47.7 Å². The van der Waals surface area contributed by atoms with Crippen LogP contribution in [0.1, 0.15) is 0 Å². The van der Waals surface area contributed by atoms with Crippen LogP contribution < -0.4 is 0 Å². The largest absolute Gasteiger partial charge is 0.286 e. The van der Waals surface area contributed by atoms with Gasteiger partial charge in [-0.2, -0.15) is 8.42 Å². The third-order valence-corrected chi connectivity index (χ3v) is 3.94. The van der Waals surface area contributed by atoms with Crippen molar-refractivity contribution in [3.05, 3.63) is 0 Å². The van der Waals surface area contributed by atoms with Gasteiger partial charge in [-0.15, -0.1) is 0 Å². The van der Waals surface area contributed by atoms with Gasteiger partial charge in [-0.3, -0.25) is 4.55 Å². The summed E-state index contributed by atoms with van der Waals surface area (Å²) in [6, 6.07) is 0.631. The summed E-state index contributed by atoms with van der Waals surface area (Å²) in [5, 5.41) is 0. The first-order valence-corrected chi connectivity index (χ1v) is 8.47. The number of rotatable bonds is 3. The summed E-state index contributed by atoms with van der Waals surface area (Å²) in [4.78, 5) is 0. The Labute approximate surface area is 91.6 Å². The van der Waals surface area contributed by atoms with Crippen molar-refractivity contribution in [2.45, 2.75) is 25.7 Å². The molecule has 0 aliphatic carbocycles. The summed E-state index contributed by atoms with van der Waals surface area (Å²) in [6.45, 7) is 6.20. The molecule has 0 aromatic carbocycles. The first-order valence-electron chi connectivity index (χ1n) is 3.16. The van der Waals surface area contributed by atoms with Gasteiger partial charge in [0.25, 0.3) is 10.1 Å². The van der Waals surface area contributed by atoms with E-state index in [0.29, 0.717) is 6.04 Å². The average Bonchev–Trinajstić information content (AvgIpc) is 1.57. The molecule has 0 bridgehead atoms. The second-order valence-electron chi connectivity index (χ2n) is 3.60. The number of hydrogen-bond acceptors (Lipinski definition) is 2. The van der Waals surface area contributed by atoms with Crippen LogP contribution in [-0.4, -0.2) is 56.4 Å². The fourth-order valence-corrected chi connectivity index (χ4v) is 3.92. The molecule has 0 aliphatic heterocycles. The molecule has 11 heavy (non-hydrogen) atoms. The molecule has 3 nitrogen and oxygen atoms in total. The van der Waals surface area contributed by atoms with Gasteiger partial charge in [0.15, 0.2) is 0 Å². The van der Waals surface area contributed by atoms with E-state index in [0.717, 1.165) is 0 Å². The van der Waals surface area contributed by atoms with Crippen molar-refractivity contribution in [3.8, 4) is 0 Å². The smallest absolute Gasteiger partial charge is 0.264 e. The maximum Gasteiger partial charge on any atom is 0.264 e. The van der Waals surface area contributed by atoms with Crippen LogP contribution in [0.2, 0.25) is 25.7 Å². The summed E-state index contributed by atoms with van der Waals surface area (Å²) >= 11 is 0. The minimum absolute atomic E-state index is 0. The van der Waals surface area contributed by atoms with Gasteiger partial charge >= 0.3 is 0 Å². The summed E-state index contributed by atoms with van der Waals surface area (Å²) in [6.07, 6.45) is 0. The molecule has 0 amide bonds. The van der Waals surface area contributed by atoms with E-state index in [4.69, 9.17) is 4.55 Å². The van der Waals surface area contributed by atoms with Gasteiger partial charge in [0, 0.05) is 37.6 Å². The zero-order valence-corrected chi connectivity index (χ0v) is 11.4. The molecule has 1 N–H and O–H groups in total. The quantitative estimate of drug-likeness (QED) is 0.548. The van der Waals surface area contributed by atoms with Crippen LogP contribution >= 0.6 is 0 Å². The van der Waals surface area contributed by atoms with Gasteiger partial charge < -0.3 is 0 Å². The van der Waals surface area contributed by atoms with E-state index in [2.05, 4.69) is 19.6 Å². The average molecular weight is 205 g/mol. The van der Waals surface area contributed by atoms with Gasteiger partial charge in [0.1, 0.15) is 0 Å². The molecular formula is C5H14NaO3SSi. The van der Waals surface area contributed by atoms with Crippen molar-refractivity contribution in [1.82, 2.24) is 0 Å². The Hall–Kier alpha value is 1.13. The SMILES string of the molecule is C[Si](C)(C)CCS(=O)(=O)O.[Na]. The Kier molecular flexibility index (Phi) is 6.64. The van der Waals surface area contributed by atoms with Crippen molar-refractivity contribution in [2.24, 2.45) is 0 Å². The van der Waals surface area contributed by atoms with Gasteiger partial charge in [-0.1, -0.05) is 19.6 Å². The van der Waals surface area contributed by atoms with Crippen molar-refractivity contribution in [1.29, 1.82) is 0 Å². The normalized spacial score (nSPS) is 12.4. The van der Waals surface area contributed by atoms with Crippen molar-refractivity contribution in [3.63, 3.8) is 0 Å². The second-order valence-corrected chi connectivity index (χ2v) is 10.8. The Bertz CT molecular complexity index is 194. The standard InChI is InChI=1S/C5H14O3SSi.Na/c1-10(2,3)5-4-9(6,7)8;/h4-5H2,1-3H3,(H,6,7,8);. The summed E-state index contributed by atoms with van der Waals surface area (Å²) in [5.74, 6) is -0.0806. The minimum atomic E-state index is -3.72. The monoisotopic (exact) mass is 205 g/mol. The van der Waals surface area contributed by atoms with Crippen LogP contribution in [0.3, 0.4) is 0 Å². The fourth-order valence-electron chi connectivity index (χ4n) is 0.435. The zero-order valence-electron chi connectivity index (χ0n) is 7.59. The molecule has 1 radical (unpaired) electrons. The van der Waals surface area contributed by atoms with Crippen LogP contribution in [0.15, 0.2) is 0 Å². The van der Waals surface area contributed by atoms with E-state index in [1.54, 1.807) is 0 Å². The molecule has 0 saturated heterocycles. The molecule has 0 rings (SSSR count). The topological polar surface area (TPSA) is 54.4 Å². The summed E-state index contributed by atoms with van der Waals surface area (Å²) in [7, 11) is -5.03. The predicted molar refractivity (Wildman–Crippen MR) is 50.3 cm³/mol. The van der Waals surface area contributed by atoms with E-state index in [1.807, 2.05) is 0 Å². The van der Waals surface area contributed by atoms with Crippen molar-refractivity contribution < 1.29 is 13.0 Å². The van der Waals surface area contributed by atoms with Crippen LogP contribution in [0.4, 0.5) is 0 Å². The Morgan fingerprint density at radius 1 is 1.27 bits per heavy atom. The Balaban J connectivity index is 0. The Morgan fingerprint density at radius 3 is 1.73 bits per heavy atom. The molecule has 0 saturated carbocycles. The molecule has 0 atom stereocenters. The minimum Gasteiger partial charge on any atom is -0.286 e. The van der Waals surface area contributed by atoms with E-state index < -0.39 is 18.2 Å². The van der Waals surface area contributed by atoms with E-state index in [9.17, 15) is 8.42 Å². The van der Waals surface area contributed by atoms with Gasteiger partial charge in [-0.05, 0) is 6.04 Å². The molecule has 63 valence electrons. The van der Waals surface area contributed by atoms with Crippen LogP contribution in [-0.2, 0) is 10.1 Å². The van der Waals surface area contributed by atoms with Gasteiger partial charge in [-0.25, -0.2) is 0 Å². The van der Waals surface area contributed by atoms with Crippen molar-refractivity contribution in [2.75, 3.05) is 5.75 Å². The number of hydrogen-bond donors (Lipinski definition) is 1. The van der Waals surface area contributed by atoms with Gasteiger partial charge in [0.05, 0.1) is 5.75 Å². The van der Waals surface area contributed by atoms with Crippen LogP contribution in [0.25, 0.3) is 0 Å². The first-order chi connectivity index (χ1) is 4.21. The molecule has 0 fully saturated rings. The first kappa shape index (κ1) is 14.6. The fraction of sp³-hybridized carbons (Fsp3) is 1.00. The molecule has 6 heteroatoms. The molecular weight excluding hydrogens is 191 g/mol. The zero-order chi connectivity index (χ0) is 8.41. The third-order valence-electron chi connectivity index (χ3n) is 1.11. The van der Waals surface area contributed by atoms with E-state index in [-0.39, 0.29) is 35.3 Å². The van der Waals surface area contributed by atoms with Gasteiger partial charge in [0.2, 0.25) is 0 Å². The van der Waals surface area contributed by atoms with Crippen LogP contribution in [0.5, 0.6) is 0 Å². The molecule has 0 unspecified atom stereocenters.